The van der Waals surface area contributed by atoms with Crippen LogP contribution in [-0.2, 0) is 0 Å². The van der Waals surface area contributed by atoms with Crippen molar-refractivity contribution in [3.63, 3.8) is 0 Å². The third kappa shape index (κ3) is 2.43. The molecule has 3 aromatic rings. The molecule has 3 rings (SSSR count). The van der Waals surface area contributed by atoms with E-state index in [0.717, 1.165) is 24.6 Å². The molecule has 0 aliphatic rings. The van der Waals surface area contributed by atoms with Crippen molar-refractivity contribution in [2.75, 3.05) is 18.0 Å². The Balaban J connectivity index is 2.33. The van der Waals surface area contributed by atoms with Crippen molar-refractivity contribution in [3.05, 3.63) is 54.5 Å². The van der Waals surface area contributed by atoms with Gasteiger partial charge in [-0.15, -0.1) is 0 Å². The second kappa shape index (κ2) is 6.14. The van der Waals surface area contributed by atoms with Crippen molar-refractivity contribution in [3.8, 4) is 11.1 Å². The lowest BCUT2D eigenvalue weighted by molar-refractivity contribution is 0.848. The highest BCUT2D eigenvalue weighted by atomic mass is 15.2. The average molecular weight is 291 g/mol. The summed E-state index contributed by atoms with van der Waals surface area (Å²) in [6.07, 6.45) is 3.67. The van der Waals surface area contributed by atoms with Crippen LogP contribution in [0.1, 0.15) is 19.5 Å². The second-order valence-electron chi connectivity index (χ2n) is 5.35. The molecule has 3 heteroatoms. The van der Waals surface area contributed by atoms with Gasteiger partial charge in [-0.1, -0.05) is 24.3 Å². The van der Waals surface area contributed by atoms with Gasteiger partial charge in [-0.25, -0.2) is 4.98 Å². The van der Waals surface area contributed by atoms with Gasteiger partial charge in [0, 0.05) is 42.1 Å². The van der Waals surface area contributed by atoms with E-state index >= 15 is 0 Å². The molecule has 0 atom stereocenters. The molecule has 112 valence electrons. The van der Waals surface area contributed by atoms with E-state index in [1.54, 1.807) is 0 Å². The first-order valence-corrected chi connectivity index (χ1v) is 7.81. The molecule has 0 aliphatic carbocycles. The van der Waals surface area contributed by atoms with E-state index in [2.05, 4.69) is 54.9 Å². The number of pyridine rings is 2. The van der Waals surface area contributed by atoms with Crippen molar-refractivity contribution < 1.29 is 0 Å². The van der Waals surface area contributed by atoms with Crippen molar-refractivity contribution in [2.45, 2.75) is 20.8 Å². The number of nitrogens with zero attached hydrogens (tertiary/aromatic N) is 3. The van der Waals surface area contributed by atoms with Crippen LogP contribution in [0.25, 0.3) is 21.9 Å². The first-order valence-electron chi connectivity index (χ1n) is 7.81. The fraction of sp³-hybridized carbons (Fsp3) is 0.263. The lowest BCUT2D eigenvalue weighted by Gasteiger charge is -2.23. The van der Waals surface area contributed by atoms with Crippen LogP contribution in [0.3, 0.4) is 0 Å². The number of aryl methyl sites for hydroxylation is 1. The fourth-order valence-corrected chi connectivity index (χ4v) is 3.01. The Kier molecular flexibility index (Phi) is 4.05. The number of anilines is 1. The largest absolute Gasteiger partial charge is 0.357 e. The molecule has 0 N–H and O–H groups in total. The van der Waals surface area contributed by atoms with Crippen LogP contribution >= 0.6 is 0 Å². The highest BCUT2D eigenvalue weighted by Gasteiger charge is 2.15. The van der Waals surface area contributed by atoms with E-state index < -0.39 is 0 Å². The Hall–Kier alpha value is -2.42. The van der Waals surface area contributed by atoms with Crippen LogP contribution in [0, 0.1) is 6.92 Å². The third-order valence-corrected chi connectivity index (χ3v) is 4.10. The smallest absolute Gasteiger partial charge is 0.136 e. The minimum absolute atomic E-state index is 0.960. The van der Waals surface area contributed by atoms with Crippen LogP contribution in [0.5, 0.6) is 0 Å². The predicted molar refractivity (Wildman–Crippen MR) is 93.3 cm³/mol. The quantitative estimate of drug-likeness (QED) is 0.711. The molecule has 2 heterocycles. The zero-order valence-electron chi connectivity index (χ0n) is 13.4. The van der Waals surface area contributed by atoms with Crippen molar-refractivity contribution in [1.82, 2.24) is 9.97 Å². The van der Waals surface area contributed by atoms with Gasteiger partial charge in [-0.05, 0) is 43.9 Å². The molecule has 0 saturated carbocycles. The van der Waals surface area contributed by atoms with Crippen LogP contribution in [0.4, 0.5) is 5.82 Å². The Morgan fingerprint density at radius 1 is 0.909 bits per heavy atom. The van der Waals surface area contributed by atoms with E-state index in [4.69, 9.17) is 4.98 Å². The lowest BCUT2D eigenvalue weighted by atomic mass is 9.98. The van der Waals surface area contributed by atoms with Gasteiger partial charge in [-0.3, -0.25) is 4.98 Å². The first-order chi connectivity index (χ1) is 10.8. The maximum absolute atomic E-state index is 4.93. The summed E-state index contributed by atoms with van der Waals surface area (Å²) in [7, 11) is 0. The summed E-state index contributed by atoms with van der Waals surface area (Å²) < 4.78 is 0. The van der Waals surface area contributed by atoms with Crippen LogP contribution < -0.4 is 4.90 Å². The van der Waals surface area contributed by atoms with Crippen LogP contribution in [-0.4, -0.2) is 23.1 Å². The maximum Gasteiger partial charge on any atom is 0.136 e. The van der Waals surface area contributed by atoms with Crippen molar-refractivity contribution in [2.24, 2.45) is 0 Å². The molecular formula is C19H21N3. The molecule has 0 amide bonds. The molecule has 0 fully saturated rings. The fourth-order valence-electron chi connectivity index (χ4n) is 3.01. The monoisotopic (exact) mass is 291 g/mol. The summed E-state index contributed by atoms with van der Waals surface area (Å²) in [5.41, 5.74) is 3.43. The minimum atomic E-state index is 0.960. The van der Waals surface area contributed by atoms with Crippen LogP contribution in [0.2, 0.25) is 0 Å². The topological polar surface area (TPSA) is 29.0 Å². The van der Waals surface area contributed by atoms with Gasteiger partial charge in [0.05, 0.1) is 0 Å². The summed E-state index contributed by atoms with van der Waals surface area (Å²) in [5.74, 6) is 1.08. The zero-order chi connectivity index (χ0) is 15.5. The van der Waals surface area contributed by atoms with E-state index in [1.165, 1.54) is 21.9 Å². The summed E-state index contributed by atoms with van der Waals surface area (Å²) in [6, 6.07) is 12.6. The zero-order valence-corrected chi connectivity index (χ0v) is 13.4. The Labute approximate surface area is 131 Å². The van der Waals surface area contributed by atoms with E-state index in [0.29, 0.717) is 0 Å². The second-order valence-corrected chi connectivity index (χ2v) is 5.35. The molecule has 1 aromatic carbocycles. The first kappa shape index (κ1) is 14.5. The van der Waals surface area contributed by atoms with Gasteiger partial charge in [-0.2, -0.15) is 0 Å². The molecule has 0 unspecified atom stereocenters. The van der Waals surface area contributed by atoms with E-state index in [1.807, 2.05) is 24.5 Å². The number of hydrogen-bond donors (Lipinski definition) is 0. The van der Waals surface area contributed by atoms with E-state index in [9.17, 15) is 0 Å². The predicted octanol–water partition coefficient (Wildman–Crippen LogP) is 4.45. The average Bonchev–Trinajstić information content (AvgIpc) is 2.57. The Morgan fingerprint density at radius 2 is 1.55 bits per heavy atom. The number of benzene rings is 1. The molecular weight excluding hydrogens is 270 g/mol. The Bertz CT molecular complexity index is 777. The summed E-state index contributed by atoms with van der Waals surface area (Å²) in [4.78, 5) is 11.4. The SMILES string of the molecule is CCN(CC)c1nc(C)c(-c2ccncc2)c2ccccc12. The van der Waals surface area contributed by atoms with Gasteiger partial charge in [0.2, 0.25) is 0 Å². The van der Waals surface area contributed by atoms with Gasteiger partial charge >= 0.3 is 0 Å². The van der Waals surface area contributed by atoms with Crippen LogP contribution in [0.15, 0.2) is 48.8 Å². The molecule has 0 saturated heterocycles. The van der Waals surface area contributed by atoms with Gasteiger partial charge < -0.3 is 4.90 Å². The van der Waals surface area contributed by atoms with Gasteiger partial charge in [0.15, 0.2) is 0 Å². The Morgan fingerprint density at radius 3 is 2.18 bits per heavy atom. The van der Waals surface area contributed by atoms with Crippen molar-refractivity contribution in [1.29, 1.82) is 0 Å². The molecule has 0 aliphatic heterocycles. The molecule has 2 aromatic heterocycles. The standard InChI is InChI=1S/C19H21N3/c1-4-22(5-2)19-17-9-7-6-8-16(17)18(14(3)21-19)15-10-12-20-13-11-15/h6-13H,4-5H2,1-3H3. The minimum Gasteiger partial charge on any atom is -0.357 e. The lowest BCUT2D eigenvalue weighted by Crippen LogP contribution is -2.23. The summed E-state index contributed by atoms with van der Waals surface area (Å²) >= 11 is 0. The van der Waals surface area contributed by atoms with Gasteiger partial charge in [0.1, 0.15) is 5.82 Å². The summed E-state index contributed by atoms with van der Waals surface area (Å²) in [5, 5.41) is 2.46. The highest BCUT2D eigenvalue weighted by Crippen LogP contribution is 2.35. The van der Waals surface area contributed by atoms with Crippen molar-refractivity contribution >= 4 is 16.6 Å². The molecule has 0 radical (unpaired) electrons. The number of aromatic nitrogens is 2. The number of hydrogen-bond acceptors (Lipinski definition) is 3. The number of rotatable bonds is 4. The molecule has 3 nitrogen and oxygen atoms in total. The third-order valence-electron chi connectivity index (χ3n) is 4.10. The maximum atomic E-state index is 4.93. The molecule has 0 spiro atoms. The van der Waals surface area contributed by atoms with Gasteiger partial charge in [0.25, 0.3) is 0 Å². The molecule has 22 heavy (non-hydrogen) atoms. The number of fused-ring (bicyclic) bond motifs is 1. The highest BCUT2D eigenvalue weighted by molar-refractivity contribution is 6.03. The van der Waals surface area contributed by atoms with E-state index in [-0.39, 0.29) is 0 Å². The summed E-state index contributed by atoms with van der Waals surface area (Å²) in [6.45, 7) is 8.36. The molecule has 0 bridgehead atoms. The normalized spacial score (nSPS) is 10.9.